The summed E-state index contributed by atoms with van der Waals surface area (Å²) in [5.74, 6) is 1.89. The summed E-state index contributed by atoms with van der Waals surface area (Å²) in [6.45, 7) is 0.504. The van der Waals surface area contributed by atoms with E-state index in [2.05, 4.69) is 15.2 Å². The third-order valence-electron chi connectivity index (χ3n) is 3.74. The predicted octanol–water partition coefficient (Wildman–Crippen LogP) is 5.77. The van der Waals surface area contributed by atoms with E-state index in [9.17, 15) is 4.39 Å². The van der Waals surface area contributed by atoms with Crippen molar-refractivity contribution in [1.29, 1.82) is 0 Å². The summed E-state index contributed by atoms with van der Waals surface area (Å²) in [6.07, 6.45) is 0. The maximum atomic E-state index is 12.9. The summed E-state index contributed by atoms with van der Waals surface area (Å²) in [4.78, 5) is 4.55. The Morgan fingerprint density at radius 1 is 0.967 bits per heavy atom. The molecule has 2 aromatic carbocycles. The molecule has 0 atom stereocenters. The average Bonchev–Trinajstić information content (AvgIpc) is 3.41. The van der Waals surface area contributed by atoms with Crippen LogP contribution in [0.15, 0.2) is 63.6 Å². The molecule has 10 heteroatoms. The molecule has 0 aliphatic heterocycles. The summed E-state index contributed by atoms with van der Waals surface area (Å²) in [6, 6.07) is 12.9. The molecule has 0 aliphatic carbocycles. The first-order valence-corrected chi connectivity index (χ1v) is 11.0. The summed E-state index contributed by atoms with van der Waals surface area (Å²) in [7, 11) is 0. The van der Waals surface area contributed by atoms with Crippen molar-refractivity contribution in [3.05, 3.63) is 81.3 Å². The van der Waals surface area contributed by atoms with E-state index < -0.39 is 0 Å². The van der Waals surface area contributed by atoms with E-state index in [0.717, 1.165) is 16.5 Å². The molecule has 2 heterocycles. The second-order valence-electron chi connectivity index (χ2n) is 5.97. The van der Waals surface area contributed by atoms with E-state index in [1.807, 2.05) is 17.5 Å². The number of thioether (sulfide) groups is 1. The molecule has 4 aromatic rings. The molecule has 0 radical (unpaired) electrons. The minimum Gasteiger partial charge on any atom is -0.486 e. The van der Waals surface area contributed by atoms with E-state index in [1.165, 1.54) is 47.4 Å². The van der Waals surface area contributed by atoms with Gasteiger partial charge in [-0.1, -0.05) is 23.4 Å². The van der Waals surface area contributed by atoms with Crippen LogP contribution in [0.1, 0.15) is 16.6 Å². The smallest absolute Gasteiger partial charge is 0.277 e. The van der Waals surface area contributed by atoms with Crippen molar-refractivity contribution in [2.45, 2.75) is 24.2 Å². The molecule has 2 aromatic heterocycles. The molecule has 30 heavy (non-hydrogen) atoms. The predicted molar refractivity (Wildman–Crippen MR) is 112 cm³/mol. The zero-order valence-corrected chi connectivity index (χ0v) is 17.8. The molecule has 0 bridgehead atoms. The largest absolute Gasteiger partial charge is 0.486 e. The lowest BCUT2D eigenvalue weighted by molar-refractivity contribution is 0.252. The lowest BCUT2D eigenvalue weighted by Gasteiger charge is -2.03. The summed E-state index contributed by atoms with van der Waals surface area (Å²) in [5, 5.41) is 11.9. The van der Waals surface area contributed by atoms with Crippen LogP contribution in [-0.2, 0) is 19.0 Å². The Hall–Kier alpha value is -2.62. The standard InChI is InChI=1S/C20H15ClFN3O3S2/c21-13-1-5-16(6-2-13)27-10-19-23-15(11-29-19)12-30-20-25-24-18(28-20)9-26-17-7-3-14(22)4-8-17/h1-8,11H,9-10,12H2. The highest BCUT2D eigenvalue weighted by Crippen LogP contribution is 2.24. The molecular formula is C20H15ClFN3O3S2. The number of hydrogen-bond acceptors (Lipinski definition) is 8. The molecule has 6 nitrogen and oxygen atoms in total. The summed E-state index contributed by atoms with van der Waals surface area (Å²) >= 11 is 8.79. The van der Waals surface area contributed by atoms with Gasteiger partial charge in [-0.25, -0.2) is 9.37 Å². The minimum absolute atomic E-state index is 0.113. The van der Waals surface area contributed by atoms with Gasteiger partial charge in [0.1, 0.15) is 28.9 Å². The minimum atomic E-state index is -0.319. The number of rotatable bonds is 9. The number of thiazole rings is 1. The van der Waals surface area contributed by atoms with Crippen LogP contribution in [0, 0.1) is 5.82 Å². The van der Waals surface area contributed by atoms with Gasteiger partial charge in [-0.2, -0.15) is 0 Å². The normalized spacial score (nSPS) is 10.9. The Labute approximate surface area is 185 Å². The molecule has 0 aliphatic rings. The summed E-state index contributed by atoms with van der Waals surface area (Å²) < 4.78 is 29.6. The first-order chi connectivity index (χ1) is 14.6. The van der Waals surface area contributed by atoms with Crippen molar-refractivity contribution in [3.63, 3.8) is 0 Å². The van der Waals surface area contributed by atoms with Gasteiger partial charge in [-0.3, -0.25) is 0 Å². The highest BCUT2D eigenvalue weighted by atomic mass is 35.5. The number of ether oxygens (including phenoxy) is 2. The fourth-order valence-electron chi connectivity index (χ4n) is 2.32. The van der Waals surface area contributed by atoms with Crippen LogP contribution in [0.3, 0.4) is 0 Å². The van der Waals surface area contributed by atoms with Crippen LogP contribution >= 0.6 is 34.7 Å². The molecule has 0 saturated heterocycles. The molecule has 4 rings (SSSR count). The Morgan fingerprint density at radius 2 is 1.67 bits per heavy atom. The average molecular weight is 464 g/mol. The quantitative estimate of drug-likeness (QED) is 0.292. The first kappa shape index (κ1) is 20.6. The van der Waals surface area contributed by atoms with Crippen molar-refractivity contribution in [2.75, 3.05) is 0 Å². The Morgan fingerprint density at radius 3 is 2.43 bits per heavy atom. The molecule has 0 saturated carbocycles. The second-order valence-corrected chi connectivity index (χ2v) is 8.27. The number of aromatic nitrogens is 3. The SMILES string of the molecule is Fc1ccc(OCc2nnc(SCc3csc(COc4ccc(Cl)cc4)n3)o2)cc1. The van der Waals surface area contributed by atoms with Gasteiger partial charge >= 0.3 is 0 Å². The Kier molecular flexibility index (Phi) is 6.83. The van der Waals surface area contributed by atoms with E-state index in [4.69, 9.17) is 25.5 Å². The van der Waals surface area contributed by atoms with Gasteiger partial charge in [-0.15, -0.1) is 21.5 Å². The van der Waals surface area contributed by atoms with E-state index in [0.29, 0.717) is 34.2 Å². The van der Waals surface area contributed by atoms with Crippen molar-refractivity contribution >= 4 is 34.7 Å². The third-order valence-corrected chi connectivity index (χ3v) is 5.72. The van der Waals surface area contributed by atoms with Crippen molar-refractivity contribution in [2.24, 2.45) is 0 Å². The Bertz CT molecular complexity index is 1000. The number of benzene rings is 2. The monoisotopic (exact) mass is 463 g/mol. The molecule has 0 spiro atoms. The number of halogens is 2. The van der Waals surface area contributed by atoms with Gasteiger partial charge in [0.15, 0.2) is 6.61 Å². The Balaban J connectivity index is 1.23. The van der Waals surface area contributed by atoms with E-state index in [1.54, 1.807) is 12.1 Å². The molecule has 0 amide bonds. The third kappa shape index (κ3) is 5.94. The lowest BCUT2D eigenvalue weighted by Crippen LogP contribution is -1.95. The molecule has 0 N–H and O–H groups in total. The van der Waals surface area contributed by atoms with Crippen LogP contribution < -0.4 is 9.47 Å². The maximum absolute atomic E-state index is 12.9. The van der Waals surface area contributed by atoms with Gasteiger partial charge in [0.2, 0.25) is 0 Å². The van der Waals surface area contributed by atoms with Gasteiger partial charge in [0.05, 0.1) is 5.69 Å². The van der Waals surface area contributed by atoms with Crippen molar-refractivity contribution in [3.8, 4) is 11.5 Å². The maximum Gasteiger partial charge on any atom is 0.277 e. The van der Waals surface area contributed by atoms with Crippen LogP contribution in [-0.4, -0.2) is 15.2 Å². The van der Waals surface area contributed by atoms with Crippen molar-refractivity contribution < 1.29 is 18.3 Å². The van der Waals surface area contributed by atoms with E-state index in [-0.39, 0.29) is 12.4 Å². The topological polar surface area (TPSA) is 70.3 Å². The molecular weight excluding hydrogens is 449 g/mol. The van der Waals surface area contributed by atoms with E-state index >= 15 is 0 Å². The molecule has 0 fully saturated rings. The fraction of sp³-hybridized carbons (Fsp3) is 0.150. The first-order valence-electron chi connectivity index (χ1n) is 8.79. The highest BCUT2D eigenvalue weighted by Gasteiger charge is 2.10. The number of nitrogens with zero attached hydrogens (tertiary/aromatic N) is 3. The molecule has 0 unspecified atom stereocenters. The highest BCUT2D eigenvalue weighted by molar-refractivity contribution is 7.98. The van der Waals surface area contributed by atoms with Gasteiger partial charge in [0.25, 0.3) is 11.1 Å². The lowest BCUT2D eigenvalue weighted by atomic mass is 10.3. The number of hydrogen-bond donors (Lipinski definition) is 0. The fourth-order valence-corrected chi connectivity index (χ4v) is 3.93. The van der Waals surface area contributed by atoms with Gasteiger partial charge < -0.3 is 13.9 Å². The zero-order valence-electron chi connectivity index (χ0n) is 15.5. The van der Waals surface area contributed by atoms with Crippen molar-refractivity contribution in [1.82, 2.24) is 15.2 Å². The van der Waals surface area contributed by atoms with Gasteiger partial charge in [-0.05, 0) is 48.5 Å². The summed E-state index contributed by atoms with van der Waals surface area (Å²) in [5.41, 5.74) is 0.905. The van der Waals surface area contributed by atoms with Crippen LogP contribution in [0.2, 0.25) is 5.02 Å². The molecule has 154 valence electrons. The van der Waals surface area contributed by atoms with Crippen LogP contribution in [0.25, 0.3) is 0 Å². The van der Waals surface area contributed by atoms with Gasteiger partial charge in [0, 0.05) is 16.2 Å². The zero-order chi connectivity index (χ0) is 20.8. The second kappa shape index (κ2) is 9.92. The van der Waals surface area contributed by atoms with Crippen LogP contribution in [0.4, 0.5) is 4.39 Å². The van der Waals surface area contributed by atoms with Crippen LogP contribution in [0.5, 0.6) is 11.5 Å².